The summed E-state index contributed by atoms with van der Waals surface area (Å²) in [5, 5.41) is 19.3. The van der Waals surface area contributed by atoms with Crippen molar-refractivity contribution in [2.45, 2.75) is 24.6 Å². The molecule has 0 saturated carbocycles. The Kier molecular flexibility index (Phi) is 6.29. The minimum absolute atomic E-state index is 0.163. The number of methoxy groups -OCH3 is 1. The normalized spacial score (nSPS) is 17.2. The topological polar surface area (TPSA) is 120 Å². The molecule has 0 spiro atoms. The minimum atomic E-state index is -3.22. The molecule has 1 heterocycles. The van der Waals surface area contributed by atoms with Crippen LogP contribution in [0.1, 0.15) is 6.30 Å². The van der Waals surface area contributed by atoms with Crippen LogP contribution < -0.4 is 11.4 Å². The van der Waals surface area contributed by atoms with Gasteiger partial charge in [-0.3, -0.25) is 4.57 Å². The van der Waals surface area contributed by atoms with E-state index in [1.165, 1.54) is 0 Å². The molecule has 0 aliphatic rings. The van der Waals surface area contributed by atoms with Crippen LogP contribution in [0.25, 0.3) is 0 Å². The fourth-order valence-electron chi connectivity index (χ4n) is 1.69. The quantitative estimate of drug-likeness (QED) is 0.576. The van der Waals surface area contributed by atoms with Gasteiger partial charge in [0.25, 0.3) is 0 Å². The highest BCUT2D eigenvalue weighted by Gasteiger charge is 2.45. The van der Waals surface area contributed by atoms with E-state index in [4.69, 9.17) is 10.5 Å². The second-order valence-electron chi connectivity index (χ2n) is 4.36. The molecular formula is C11H16F3N3O5. The number of aliphatic hydroxyl groups is 2. The maximum absolute atomic E-state index is 14.3. The molecule has 0 aliphatic heterocycles. The van der Waals surface area contributed by atoms with Crippen LogP contribution in [0.2, 0.25) is 0 Å². The van der Waals surface area contributed by atoms with E-state index in [0.717, 1.165) is 19.4 Å². The Morgan fingerprint density at radius 1 is 1.50 bits per heavy atom. The molecule has 1 aromatic heterocycles. The van der Waals surface area contributed by atoms with Gasteiger partial charge in [-0.2, -0.15) is 13.8 Å². The summed E-state index contributed by atoms with van der Waals surface area (Å²) in [4.78, 5) is 14.8. The Labute approximate surface area is 122 Å². The predicted molar refractivity (Wildman–Crippen MR) is 67.8 cm³/mol. The SMILES string of the molecule is CO[C@@](CO)(COC(F)F)[C@@H](O)[C@@H](F)n1ccc(N)nc1=O. The van der Waals surface area contributed by atoms with Gasteiger partial charge in [0.15, 0.2) is 0 Å². The number of nitrogens with zero attached hydrogens (tertiary/aromatic N) is 2. The molecule has 0 unspecified atom stereocenters. The van der Waals surface area contributed by atoms with Crippen molar-refractivity contribution in [3.05, 3.63) is 22.7 Å². The van der Waals surface area contributed by atoms with E-state index in [-0.39, 0.29) is 5.82 Å². The number of nitrogen functional groups attached to an aromatic ring is 1. The average Bonchev–Trinajstić information content (AvgIpc) is 2.47. The number of halogens is 3. The van der Waals surface area contributed by atoms with E-state index < -0.39 is 43.5 Å². The molecule has 11 heteroatoms. The number of nitrogens with two attached hydrogens (primary N) is 1. The Bertz CT molecular complexity index is 538. The van der Waals surface area contributed by atoms with Crippen LogP contribution in [0.3, 0.4) is 0 Å². The highest BCUT2D eigenvalue weighted by atomic mass is 19.3. The van der Waals surface area contributed by atoms with Crippen molar-refractivity contribution in [2.75, 3.05) is 26.1 Å². The number of aliphatic hydroxyl groups excluding tert-OH is 2. The van der Waals surface area contributed by atoms with Gasteiger partial charge in [0, 0.05) is 13.3 Å². The molecule has 3 atom stereocenters. The molecule has 1 aromatic rings. The molecule has 0 bridgehead atoms. The first-order chi connectivity index (χ1) is 10.3. The first kappa shape index (κ1) is 18.4. The number of alkyl halides is 3. The third-order valence-electron chi connectivity index (χ3n) is 3.04. The van der Waals surface area contributed by atoms with Crippen molar-refractivity contribution < 1.29 is 32.9 Å². The average molecular weight is 327 g/mol. The van der Waals surface area contributed by atoms with Crippen LogP contribution in [-0.4, -0.2) is 58.4 Å². The van der Waals surface area contributed by atoms with Crippen LogP contribution in [0.15, 0.2) is 17.1 Å². The fourth-order valence-corrected chi connectivity index (χ4v) is 1.69. The first-order valence-electron chi connectivity index (χ1n) is 6.00. The van der Waals surface area contributed by atoms with E-state index in [1.807, 2.05) is 0 Å². The van der Waals surface area contributed by atoms with Gasteiger partial charge in [-0.25, -0.2) is 9.18 Å². The Morgan fingerprint density at radius 3 is 2.59 bits per heavy atom. The number of anilines is 1. The van der Waals surface area contributed by atoms with Gasteiger partial charge in [-0.15, -0.1) is 0 Å². The summed E-state index contributed by atoms with van der Waals surface area (Å²) in [7, 11) is 0.963. The zero-order valence-corrected chi connectivity index (χ0v) is 11.5. The number of hydrogen-bond acceptors (Lipinski definition) is 7. The molecule has 0 aliphatic carbocycles. The highest BCUT2D eigenvalue weighted by molar-refractivity contribution is 5.23. The summed E-state index contributed by atoms with van der Waals surface area (Å²) < 4.78 is 47.7. The molecule has 0 saturated heterocycles. The first-order valence-corrected chi connectivity index (χ1v) is 6.00. The number of aromatic nitrogens is 2. The van der Waals surface area contributed by atoms with Crippen molar-refractivity contribution >= 4 is 5.82 Å². The molecule has 1 rings (SSSR count). The predicted octanol–water partition coefficient (Wildman–Crippen LogP) is -0.729. The summed E-state index contributed by atoms with van der Waals surface area (Å²) in [5.74, 6) is -0.163. The number of hydrogen-bond donors (Lipinski definition) is 3. The maximum Gasteiger partial charge on any atom is 0.351 e. The summed E-state index contributed by atoms with van der Waals surface area (Å²) in [6.07, 6.45) is -3.71. The van der Waals surface area contributed by atoms with Gasteiger partial charge >= 0.3 is 12.3 Å². The fraction of sp³-hybridized carbons (Fsp3) is 0.636. The van der Waals surface area contributed by atoms with Crippen LogP contribution in [0, 0.1) is 0 Å². The summed E-state index contributed by atoms with van der Waals surface area (Å²) >= 11 is 0. The standard InChI is InChI=1S/C11H16F3N3O5/c1-21-11(4-18,5-22-9(13)14)7(19)8(12)17-3-2-6(15)16-10(17)20/h2-3,7-9,18-19H,4-5H2,1H3,(H2,15,16,20)/t7-,8-,11-/m0/s1. The van der Waals surface area contributed by atoms with Gasteiger partial charge in [-0.05, 0) is 6.07 Å². The van der Waals surface area contributed by atoms with Crippen molar-refractivity contribution in [3.63, 3.8) is 0 Å². The molecule has 0 radical (unpaired) electrons. The molecule has 0 amide bonds. The lowest BCUT2D eigenvalue weighted by Gasteiger charge is -2.36. The summed E-state index contributed by atoms with van der Waals surface area (Å²) in [6, 6.07) is 1.10. The molecule has 22 heavy (non-hydrogen) atoms. The summed E-state index contributed by atoms with van der Waals surface area (Å²) in [5.41, 5.74) is 1.94. The van der Waals surface area contributed by atoms with Crippen molar-refractivity contribution in [2.24, 2.45) is 0 Å². The van der Waals surface area contributed by atoms with Gasteiger partial charge in [0.05, 0.1) is 13.2 Å². The second kappa shape index (κ2) is 7.54. The van der Waals surface area contributed by atoms with Gasteiger partial charge < -0.3 is 25.4 Å². The highest BCUT2D eigenvalue weighted by Crippen LogP contribution is 2.26. The van der Waals surface area contributed by atoms with E-state index in [1.54, 1.807) is 0 Å². The monoisotopic (exact) mass is 327 g/mol. The molecular weight excluding hydrogens is 311 g/mol. The minimum Gasteiger partial charge on any atom is -0.393 e. The number of ether oxygens (including phenoxy) is 2. The lowest BCUT2D eigenvalue weighted by molar-refractivity contribution is -0.228. The summed E-state index contributed by atoms with van der Waals surface area (Å²) in [6.45, 7) is -5.25. The van der Waals surface area contributed by atoms with E-state index in [0.29, 0.717) is 4.57 Å². The van der Waals surface area contributed by atoms with Crippen molar-refractivity contribution in [1.82, 2.24) is 9.55 Å². The lowest BCUT2D eigenvalue weighted by Crippen LogP contribution is -2.55. The Hall–Kier alpha value is -1.69. The molecule has 4 N–H and O–H groups in total. The second-order valence-corrected chi connectivity index (χ2v) is 4.36. The van der Waals surface area contributed by atoms with Crippen LogP contribution in [0.4, 0.5) is 19.0 Å². The Balaban J connectivity index is 3.06. The largest absolute Gasteiger partial charge is 0.393 e. The Morgan fingerprint density at radius 2 is 2.14 bits per heavy atom. The van der Waals surface area contributed by atoms with Gasteiger partial charge in [0.1, 0.15) is 17.5 Å². The van der Waals surface area contributed by atoms with Crippen molar-refractivity contribution in [1.29, 1.82) is 0 Å². The molecule has 8 nitrogen and oxygen atoms in total. The van der Waals surface area contributed by atoms with Crippen LogP contribution >= 0.6 is 0 Å². The zero-order chi connectivity index (χ0) is 16.9. The molecule has 0 fully saturated rings. The number of rotatable bonds is 8. The van der Waals surface area contributed by atoms with E-state index >= 15 is 0 Å². The van der Waals surface area contributed by atoms with Crippen molar-refractivity contribution in [3.8, 4) is 0 Å². The third kappa shape index (κ3) is 3.94. The molecule has 126 valence electrons. The third-order valence-corrected chi connectivity index (χ3v) is 3.04. The molecule has 0 aromatic carbocycles. The zero-order valence-electron chi connectivity index (χ0n) is 11.5. The van der Waals surface area contributed by atoms with Crippen LogP contribution in [-0.2, 0) is 9.47 Å². The van der Waals surface area contributed by atoms with Gasteiger partial charge in [0.2, 0.25) is 6.30 Å². The van der Waals surface area contributed by atoms with Crippen LogP contribution in [0.5, 0.6) is 0 Å². The van der Waals surface area contributed by atoms with E-state index in [2.05, 4.69) is 9.72 Å². The lowest BCUT2D eigenvalue weighted by atomic mass is 9.97. The van der Waals surface area contributed by atoms with E-state index in [9.17, 15) is 28.2 Å². The smallest absolute Gasteiger partial charge is 0.351 e. The maximum atomic E-state index is 14.3. The van der Waals surface area contributed by atoms with Gasteiger partial charge in [-0.1, -0.05) is 0 Å².